The summed E-state index contributed by atoms with van der Waals surface area (Å²) in [5.74, 6) is 1.50. The summed E-state index contributed by atoms with van der Waals surface area (Å²) in [6.07, 6.45) is 0. The first-order valence-electron chi connectivity index (χ1n) is 14.9. The summed E-state index contributed by atoms with van der Waals surface area (Å²) in [6.45, 7) is 34.3. The molecule has 1 heterocycles. The fraction of sp³-hybridized carbons (Fsp3) is 0.486. The van der Waals surface area contributed by atoms with Crippen LogP contribution in [-0.4, -0.2) is 22.9 Å². The second-order valence-corrected chi connectivity index (χ2v) is 25.1. The van der Waals surface area contributed by atoms with E-state index in [2.05, 4.69) is 131 Å². The molecule has 0 N–H and O–H groups in total. The Morgan fingerprint density at radius 3 is 1.18 bits per heavy atom. The third kappa shape index (κ3) is 5.06. The van der Waals surface area contributed by atoms with Gasteiger partial charge in [0, 0.05) is 0 Å². The van der Waals surface area contributed by atoms with Crippen molar-refractivity contribution in [1.29, 1.82) is 0 Å². The lowest BCUT2D eigenvalue weighted by Crippen LogP contribution is -2.53. The summed E-state index contributed by atoms with van der Waals surface area (Å²) in [6, 6.07) is 15.5. The van der Waals surface area contributed by atoms with Gasteiger partial charge in [-0.15, -0.1) is 0 Å². The molecule has 1 aliphatic heterocycles. The van der Waals surface area contributed by atoms with E-state index in [0.29, 0.717) is 24.5 Å². The second kappa shape index (κ2) is 9.97. The maximum absolute atomic E-state index is 2.62. The predicted octanol–water partition coefficient (Wildman–Crippen LogP) is 7.26. The highest BCUT2D eigenvalue weighted by molar-refractivity contribution is 7.00. The van der Waals surface area contributed by atoms with Crippen LogP contribution in [0.25, 0.3) is 11.1 Å². The molecular formula is C35H51BSi2. The van der Waals surface area contributed by atoms with Crippen molar-refractivity contribution in [2.75, 3.05) is 0 Å². The molecule has 0 aliphatic carbocycles. The average Bonchev–Trinajstić information content (AvgIpc) is 3.06. The fourth-order valence-corrected chi connectivity index (χ4v) is 10.5. The molecule has 0 unspecified atom stereocenters. The zero-order valence-electron chi connectivity index (χ0n) is 26.8. The topological polar surface area (TPSA) is 0 Å². The van der Waals surface area contributed by atoms with Crippen LogP contribution in [0, 0.1) is 13.8 Å². The summed E-state index contributed by atoms with van der Waals surface area (Å²) >= 11 is 0. The predicted molar refractivity (Wildman–Crippen MR) is 181 cm³/mol. The van der Waals surface area contributed by atoms with Gasteiger partial charge >= 0.3 is 0 Å². The quantitative estimate of drug-likeness (QED) is 0.227. The fourth-order valence-electron chi connectivity index (χ4n) is 6.84. The van der Waals surface area contributed by atoms with E-state index in [1.165, 1.54) is 38.7 Å². The highest BCUT2D eigenvalue weighted by Gasteiger charge is 2.39. The Bertz CT molecular complexity index is 1280. The van der Waals surface area contributed by atoms with Crippen molar-refractivity contribution in [1.82, 2.24) is 0 Å². The van der Waals surface area contributed by atoms with Crippen LogP contribution in [0.15, 0.2) is 36.4 Å². The summed E-state index contributed by atoms with van der Waals surface area (Å²) in [4.78, 5) is 0. The van der Waals surface area contributed by atoms with E-state index >= 15 is 0 Å². The van der Waals surface area contributed by atoms with E-state index in [1.54, 1.807) is 27.0 Å². The smallest absolute Gasteiger partial charge is 0.0656 e. The van der Waals surface area contributed by atoms with Crippen LogP contribution in [0.2, 0.25) is 39.3 Å². The van der Waals surface area contributed by atoms with Gasteiger partial charge in [-0.2, -0.15) is 0 Å². The molecule has 0 aromatic heterocycles. The minimum Gasteiger partial charge on any atom is -0.0656 e. The molecule has 4 rings (SSSR count). The molecule has 0 spiro atoms. The number of rotatable bonds is 6. The van der Waals surface area contributed by atoms with E-state index < -0.39 is 16.1 Å². The lowest BCUT2D eigenvalue weighted by molar-refractivity contribution is 0.812. The van der Waals surface area contributed by atoms with E-state index in [1.807, 2.05) is 0 Å². The first-order valence-corrected chi connectivity index (χ1v) is 21.9. The van der Waals surface area contributed by atoms with Gasteiger partial charge in [0.2, 0.25) is 6.71 Å². The van der Waals surface area contributed by atoms with Gasteiger partial charge in [-0.05, 0) is 59.4 Å². The Kier molecular flexibility index (Phi) is 7.64. The summed E-state index contributed by atoms with van der Waals surface area (Å²) in [5, 5.41) is 3.22. The molecule has 38 heavy (non-hydrogen) atoms. The van der Waals surface area contributed by atoms with Crippen LogP contribution in [0.3, 0.4) is 0 Å². The highest BCUT2D eigenvalue weighted by Crippen LogP contribution is 2.31. The Hall–Kier alpha value is -1.84. The Labute approximate surface area is 236 Å². The van der Waals surface area contributed by atoms with Gasteiger partial charge in [-0.3, -0.25) is 0 Å². The standard InChI is InChI=1S/C35H51BSi2/c1-21(2)26-17-27(22(3)4)35(28(18-26)23(5)6)36-31-15-24(7)33(37(9,10)11)19-29(31)30-20-34(38(12,13)14)25(8)16-32(30)36/h15-23H,1-14H3. The zero-order valence-corrected chi connectivity index (χ0v) is 28.8. The molecule has 3 aromatic carbocycles. The van der Waals surface area contributed by atoms with E-state index in [0.717, 1.165) is 0 Å². The average molecular weight is 539 g/mol. The van der Waals surface area contributed by atoms with Gasteiger partial charge in [-0.1, -0.05) is 155 Å². The maximum atomic E-state index is 2.62. The van der Waals surface area contributed by atoms with Crippen LogP contribution in [-0.2, 0) is 0 Å². The van der Waals surface area contributed by atoms with E-state index in [9.17, 15) is 0 Å². The van der Waals surface area contributed by atoms with Crippen molar-refractivity contribution < 1.29 is 0 Å². The summed E-state index contributed by atoms with van der Waals surface area (Å²) in [7, 11) is -2.95. The van der Waals surface area contributed by atoms with Crippen LogP contribution < -0.4 is 26.8 Å². The van der Waals surface area contributed by atoms with E-state index in [4.69, 9.17) is 0 Å². The monoisotopic (exact) mass is 538 g/mol. The minimum absolute atomic E-state index is 0.305. The molecule has 0 radical (unpaired) electrons. The second-order valence-electron chi connectivity index (χ2n) is 15.0. The Morgan fingerprint density at radius 1 is 0.526 bits per heavy atom. The number of aryl methyl sites for hydroxylation is 2. The third-order valence-electron chi connectivity index (χ3n) is 8.79. The SMILES string of the molecule is Cc1cc2c(cc1[Si](C)(C)C)-c1cc([Si](C)(C)C)c(C)cc1B2c1c(C(C)C)cc(C(C)C)cc1C(C)C. The Morgan fingerprint density at radius 2 is 0.895 bits per heavy atom. The number of fused-ring (bicyclic) bond motifs is 3. The molecule has 0 nitrogen and oxygen atoms in total. The largest absolute Gasteiger partial charge is 0.243 e. The molecule has 0 amide bonds. The number of hydrogen-bond donors (Lipinski definition) is 0. The molecule has 202 valence electrons. The molecule has 0 saturated carbocycles. The molecule has 0 atom stereocenters. The normalized spacial score (nSPS) is 13.7. The molecular weight excluding hydrogens is 487 g/mol. The molecule has 1 aliphatic rings. The van der Waals surface area contributed by atoms with Crippen LogP contribution in [0.1, 0.15) is 87.1 Å². The van der Waals surface area contributed by atoms with Gasteiger partial charge in [0.15, 0.2) is 0 Å². The van der Waals surface area contributed by atoms with Crippen molar-refractivity contribution in [2.45, 2.75) is 112 Å². The van der Waals surface area contributed by atoms with Gasteiger partial charge in [0.05, 0.1) is 16.1 Å². The van der Waals surface area contributed by atoms with Crippen molar-refractivity contribution in [3.05, 3.63) is 64.2 Å². The lowest BCUT2D eigenvalue weighted by Gasteiger charge is -2.27. The summed E-state index contributed by atoms with van der Waals surface area (Å²) < 4.78 is 0. The van der Waals surface area contributed by atoms with E-state index in [-0.39, 0.29) is 0 Å². The third-order valence-corrected chi connectivity index (χ3v) is 13.1. The number of hydrogen-bond acceptors (Lipinski definition) is 0. The lowest BCUT2D eigenvalue weighted by atomic mass is 9.36. The van der Waals surface area contributed by atoms with Crippen LogP contribution in [0.5, 0.6) is 0 Å². The van der Waals surface area contributed by atoms with Crippen LogP contribution >= 0.6 is 0 Å². The first-order chi connectivity index (χ1) is 17.4. The van der Waals surface area contributed by atoms with Gasteiger partial charge in [-0.25, -0.2) is 0 Å². The number of benzene rings is 3. The minimum atomic E-state index is -1.47. The zero-order chi connectivity index (χ0) is 28.5. The summed E-state index contributed by atoms with van der Waals surface area (Å²) in [5.41, 5.74) is 15.2. The van der Waals surface area contributed by atoms with Gasteiger partial charge in [0.25, 0.3) is 0 Å². The van der Waals surface area contributed by atoms with Gasteiger partial charge in [0.1, 0.15) is 0 Å². The highest BCUT2D eigenvalue weighted by atomic mass is 28.3. The first kappa shape index (κ1) is 29.1. The van der Waals surface area contributed by atoms with Crippen molar-refractivity contribution in [3.63, 3.8) is 0 Å². The van der Waals surface area contributed by atoms with Crippen molar-refractivity contribution in [3.8, 4) is 11.1 Å². The maximum Gasteiger partial charge on any atom is 0.243 e. The molecule has 0 bridgehead atoms. The van der Waals surface area contributed by atoms with Crippen molar-refractivity contribution >= 4 is 49.6 Å². The van der Waals surface area contributed by atoms with Crippen molar-refractivity contribution in [2.24, 2.45) is 0 Å². The molecule has 0 fully saturated rings. The molecule has 3 heteroatoms. The molecule has 3 aromatic rings. The van der Waals surface area contributed by atoms with Crippen LogP contribution in [0.4, 0.5) is 0 Å². The molecule has 0 saturated heterocycles. The Balaban J connectivity index is 2.17. The van der Waals surface area contributed by atoms with Gasteiger partial charge < -0.3 is 0 Å².